The van der Waals surface area contributed by atoms with Gasteiger partial charge in [0, 0.05) is 18.2 Å². The fourth-order valence-electron chi connectivity index (χ4n) is 3.93. The van der Waals surface area contributed by atoms with Gasteiger partial charge in [0.1, 0.15) is 6.23 Å². The molecule has 152 valence electrons. The monoisotopic (exact) mass is 403 g/mol. The van der Waals surface area contributed by atoms with Crippen molar-refractivity contribution in [3.63, 3.8) is 0 Å². The minimum absolute atomic E-state index is 0.385. The van der Waals surface area contributed by atoms with Crippen molar-refractivity contribution in [3.05, 3.63) is 0 Å². The summed E-state index contributed by atoms with van der Waals surface area (Å²) in [5.41, 5.74) is -1.87. The van der Waals surface area contributed by atoms with E-state index in [0.717, 1.165) is 0 Å². The molecule has 0 saturated carbocycles. The lowest BCUT2D eigenvalue weighted by molar-refractivity contribution is -0.138. The van der Waals surface area contributed by atoms with Crippen LogP contribution in [0, 0.1) is 0 Å². The Bertz CT molecular complexity index is 454. The third kappa shape index (κ3) is 6.71. The highest BCUT2D eigenvalue weighted by molar-refractivity contribution is 7.52. The molecule has 8 nitrogen and oxygen atoms in total. The van der Waals surface area contributed by atoms with Crippen molar-refractivity contribution in [1.29, 1.82) is 0 Å². The first-order valence-corrected chi connectivity index (χ1v) is 12.3. The van der Waals surface area contributed by atoms with Crippen LogP contribution in [0.3, 0.4) is 0 Å². The highest BCUT2D eigenvalue weighted by atomic mass is 31.2. The predicted molar refractivity (Wildman–Crippen MR) is 98.8 cm³/mol. The second-order valence-electron chi connectivity index (χ2n) is 6.71. The van der Waals surface area contributed by atoms with E-state index in [-0.39, 0.29) is 12.3 Å². The van der Waals surface area contributed by atoms with Gasteiger partial charge < -0.3 is 24.3 Å². The van der Waals surface area contributed by atoms with Gasteiger partial charge in [0.2, 0.25) is 0 Å². The second-order valence-corrected chi connectivity index (χ2v) is 10.0. The van der Waals surface area contributed by atoms with Crippen LogP contribution in [0.2, 0.25) is 0 Å². The second kappa shape index (κ2) is 9.43. The number of ether oxygens (including phenoxy) is 1. The van der Waals surface area contributed by atoms with Gasteiger partial charge in [0.25, 0.3) is 0 Å². The molecule has 1 unspecified atom stereocenters. The molecule has 25 heavy (non-hydrogen) atoms. The quantitative estimate of drug-likeness (QED) is 0.289. The summed E-state index contributed by atoms with van der Waals surface area (Å²) in [6, 6.07) is 0. The summed E-state index contributed by atoms with van der Waals surface area (Å²) in [6.07, 6.45) is 0.359. The maximum absolute atomic E-state index is 11.8. The molecule has 0 spiro atoms. The van der Waals surface area contributed by atoms with Crippen molar-refractivity contribution >= 4 is 15.2 Å². The van der Waals surface area contributed by atoms with Crippen LogP contribution in [0.5, 0.6) is 0 Å². The Morgan fingerprint density at radius 2 is 1.12 bits per heavy atom. The van der Waals surface area contributed by atoms with E-state index in [1.54, 1.807) is 6.92 Å². The molecule has 0 aliphatic carbocycles. The van der Waals surface area contributed by atoms with Crippen LogP contribution in [0.15, 0.2) is 0 Å². The van der Waals surface area contributed by atoms with E-state index < -0.39 is 32.5 Å². The lowest BCUT2D eigenvalue weighted by Gasteiger charge is -2.56. The number of hydrogen-bond acceptors (Lipinski definition) is 4. The molecule has 0 amide bonds. The summed E-state index contributed by atoms with van der Waals surface area (Å²) in [5, 5.41) is 0. The molecule has 0 bridgehead atoms. The van der Waals surface area contributed by atoms with Gasteiger partial charge in [-0.3, -0.25) is 14.0 Å². The molecule has 0 aliphatic heterocycles. The van der Waals surface area contributed by atoms with Crippen LogP contribution >= 0.6 is 15.2 Å². The van der Waals surface area contributed by atoms with Crippen molar-refractivity contribution in [2.24, 2.45) is 0 Å². The Morgan fingerprint density at radius 1 is 0.840 bits per heavy atom. The van der Waals surface area contributed by atoms with E-state index in [1.165, 1.54) is 7.11 Å². The maximum Gasteiger partial charge on any atom is 0.327 e. The van der Waals surface area contributed by atoms with Gasteiger partial charge in [-0.15, -0.1) is 0 Å². The minimum Gasteiger partial charge on any atom is -0.367 e. The van der Waals surface area contributed by atoms with E-state index >= 15 is 0 Å². The largest absolute Gasteiger partial charge is 0.367 e. The van der Waals surface area contributed by atoms with E-state index in [1.807, 2.05) is 32.6 Å². The standard InChI is InChI=1S/C15H35NO7P2/c1-7-14(8-2,11-24(17,18)19)16(13(5)23-6)15(9-3,10-4)12-25(20,21)22/h13H,7-12H2,1-6H3,(H2,17,18,19)(H2,20,21,22). The molecule has 0 saturated heterocycles. The molecule has 0 aromatic heterocycles. The smallest absolute Gasteiger partial charge is 0.327 e. The normalized spacial score (nSPS) is 15.6. The van der Waals surface area contributed by atoms with E-state index in [0.29, 0.717) is 25.7 Å². The fourth-order valence-corrected chi connectivity index (χ4v) is 6.66. The van der Waals surface area contributed by atoms with Gasteiger partial charge in [-0.05, 0) is 32.6 Å². The molecule has 0 fully saturated rings. The molecule has 0 aromatic carbocycles. The molecule has 0 rings (SSSR count). The van der Waals surface area contributed by atoms with Crippen molar-refractivity contribution in [2.75, 3.05) is 19.4 Å². The summed E-state index contributed by atoms with van der Waals surface area (Å²) in [7, 11) is -7.23. The summed E-state index contributed by atoms with van der Waals surface area (Å²) >= 11 is 0. The Balaban J connectivity index is 6.50. The van der Waals surface area contributed by atoms with Gasteiger partial charge in [0.15, 0.2) is 0 Å². The minimum atomic E-state index is -4.36. The number of nitrogens with zero attached hydrogens (tertiary/aromatic N) is 1. The average molecular weight is 403 g/mol. The molecular formula is C15H35NO7P2. The third-order valence-corrected chi connectivity index (χ3v) is 7.36. The SMILES string of the molecule is CCC(CC)(CP(=O)(O)O)N(C(C)OC)C(CC)(CC)CP(=O)(O)O. The summed E-state index contributed by atoms with van der Waals surface area (Å²) in [4.78, 5) is 40.4. The first-order valence-electron chi connectivity index (χ1n) is 8.67. The van der Waals surface area contributed by atoms with Crippen LogP contribution in [0.4, 0.5) is 0 Å². The van der Waals surface area contributed by atoms with Crippen LogP contribution in [-0.2, 0) is 13.9 Å². The first kappa shape index (κ1) is 25.2. The van der Waals surface area contributed by atoms with Crippen molar-refractivity contribution in [3.8, 4) is 0 Å². The number of rotatable bonds is 12. The van der Waals surface area contributed by atoms with Crippen LogP contribution in [0.1, 0.15) is 60.3 Å². The third-order valence-electron chi connectivity index (χ3n) is 5.36. The van der Waals surface area contributed by atoms with E-state index in [9.17, 15) is 28.7 Å². The summed E-state index contributed by atoms with van der Waals surface area (Å²) in [6.45, 7) is 9.09. The zero-order valence-electron chi connectivity index (χ0n) is 16.2. The van der Waals surface area contributed by atoms with Crippen molar-refractivity contribution in [1.82, 2.24) is 4.90 Å². The maximum atomic E-state index is 11.8. The Labute approximate surface area is 151 Å². The average Bonchev–Trinajstić information content (AvgIpc) is 2.50. The predicted octanol–water partition coefficient (Wildman–Crippen LogP) is 2.75. The molecule has 10 heteroatoms. The highest BCUT2D eigenvalue weighted by Gasteiger charge is 2.52. The van der Waals surface area contributed by atoms with Gasteiger partial charge in [-0.1, -0.05) is 27.7 Å². The van der Waals surface area contributed by atoms with Gasteiger partial charge in [-0.25, -0.2) is 0 Å². The molecule has 0 aliphatic rings. The lowest BCUT2D eigenvalue weighted by atomic mass is 9.82. The Hall–Kier alpha value is 0.220. The molecular weight excluding hydrogens is 368 g/mol. The summed E-state index contributed by atoms with van der Waals surface area (Å²) in [5.74, 6) is 0. The van der Waals surface area contributed by atoms with Gasteiger partial charge in [0.05, 0.1) is 12.3 Å². The van der Waals surface area contributed by atoms with Crippen LogP contribution in [-0.4, -0.2) is 61.2 Å². The molecule has 0 radical (unpaired) electrons. The van der Waals surface area contributed by atoms with Crippen molar-refractivity contribution in [2.45, 2.75) is 77.6 Å². The molecule has 0 aromatic rings. The Kier molecular flexibility index (Phi) is 9.51. The number of methoxy groups -OCH3 is 1. The number of hydrogen-bond donors (Lipinski definition) is 4. The topological polar surface area (TPSA) is 128 Å². The first-order chi connectivity index (χ1) is 11.3. The fraction of sp³-hybridized carbons (Fsp3) is 1.00. The zero-order chi connectivity index (χ0) is 20.1. The Morgan fingerprint density at radius 3 is 1.28 bits per heavy atom. The molecule has 4 N–H and O–H groups in total. The lowest BCUT2D eigenvalue weighted by Crippen LogP contribution is -2.66. The van der Waals surface area contributed by atoms with E-state index in [4.69, 9.17) is 4.74 Å². The van der Waals surface area contributed by atoms with Crippen LogP contribution < -0.4 is 0 Å². The van der Waals surface area contributed by atoms with Crippen molar-refractivity contribution < 1.29 is 33.4 Å². The molecule has 0 heterocycles. The highest BCUT2D eigenvalue weighted by Crippen LogP contribution is 2.51. The molecule has 1 atom stereocenters. The van der Waals surface area contributed by atoms with Gasteiger partial charge in [-0.2, -0.15) is 0 Å². The van der Waals surface area contributed by atoms with Gasteiger partial charge >= 0.3 is 15.2 Å². The van der Waals surface area contributed by atoms with E-state index in [2.05, 4.69) is 0 Å². The zero-order valence-corrected chi connectivity index (χ0v) is 18.0. The summed E-state index contributed by atoms with van der Waals surface area (Å²) < 4.78 is 29.2. The van der Waals surface area contributed by atoms with Crippen LogP contribution in [0.25, 0.3) is 0 Å².